The van der Waals surface area contributed by atoms with Crippen LogP contribution in [0.15, 0.2) is 0 Å². The molecule has 1 unspecified atom stereocenters. The third-order valence-electron chi connectivity index (χ3n) is 3.38. The first-order valence-electron chi connectivity index (χ1n) is 5.88. The van der Waals surface area contributed by atoms with Gasteiger partial charge in [-0.1, -0.05) is 6.92 Å². The summed E-state index contributed by atoms with van der Waals surface area (Å²) in [5, 5.41) is 22.0. The van der Waals surface area contributed by atoms with Crippen molar-refractivity contribution in [3.8, 4) is 6.07 Å². The fourth-order valence-corrected chi connectivity index (χ4v) is 2.05. The molecule has 0 aromatic rings. The molecule has 0 bridgehead atoms. The van der Waals surface area contributed by atoms with Gasteiger partial charge in [0.2, 0.25) is 0 Å². The van der Waals surface area contributed by atoms with Gasteiger partial charge in [0.05, 0.1) is 18.1 Å². The molecule has 15 heavy (non-hydrogen) atoms. The number of nitrogens with zero attached hydrogens (tertiary/aromatic N) is 1. The Morgan fingerprint density at radius 3 is 2.67 bits per heavy atom. The lowest BCUT2D eigenvalue weighted by atomic mass is 9.79. The Kier molecular flexibility index (Phi) is 4.56. The van der Waals surface area contributed by atoms with E-state index in [1.165, 1.54) is 0 Å². The van der Waals surface area contributed by atoms with Crippen molar-refractivity contribution in [2.24, 2.45) is 5.92 Å². The standard InChI is InChI=1S/C12H22N2O/c1-10-3-6-12(15,7-4-10)9-14-11(2)5-8-13/h10-11,14-15H,3-7,9H2,1-2H3. The molecule has 1 atom stereocenters. The summed E-state index contributed by atoms with van der Waals surface area (Å²) in [5.41, 5.74) is -0.532. The normalized spacial score (nSPS) is 33.3. The number of nitriles is 1. The maximum absolute atomic E-state index is 10.3. The van der Waals surface area contributed by atoms with Crippen LogP contribution in [0.5, 0.6) is 0 Å². The second-order valence-corrected chi connectivity index (χ2v) is 5.05. The largest absolute Gasteiger partial charge is 0.389 e. The Labute approximate surface area is 92.5 Å². The van der Waals surface area contributed by atoms with Gasteiger partial charge in [0, 0.05) is 12.6 Å². The molecular weight excluding hydrogens is 188 g/mol. The van der Waals surface area contributed by atoms with Crippen LogP contribution in [0.25, 0.3) is 0 Å². The van der Waals surface area contributed by atoms with Gasteiger partial charge in [-0.25, -0.2) is 0 Å². The zero-order valence-electron chi connectivity index (χ0n) is 9.79. The molecular formula is C12H22N2O. The zero-order valence-corrected chi connectivity index (χ0v) is 9.79. The Bertz CT molecular complexity index is 226. The minimum Gasteiger partial charge on any atom is -0.389 e. The summed E-state index contributed by atoms with van der Waals surface area (Å²) >= 11 is 0. The highest BCUT2D eigenvalue weighted by atomic mass is 16.3. The van der Waals surface area contributed by atoms with Crippen LogP contribution in [0.4, 0.5) is 0 Å². The van der Waals surface area contributed by atoms with Crippen LogP contribution in [0.2, 0.25) is 0 Å². The molecule has 1 saturated carbocycles. The summed E-state index contributed by atoms with van der Waals surface area (Å²) in [5.74, 6) is 0.752. The van der Waals surface area contributed by atoms with E-state index in [1.54, 1.807) is 0 Å². The Morgan fingerprint density at radius 1 is 1.53 bits per heavy atom. The van der Waals surface area contributed by atoms with Gasteiger partial charge in [-0.15, -0.1) is 0 Å². The molecule has 2 N–H and O–H groups in total. The fourth-order valence-electron chi connectivity index (χ4n) is 2.05. The first kappa shape index (κ1) is 12.5. The van der Waals surface area contributed by atoms with Crippen molar-refractivity contribution >= 4 is 0 Å². The molecule has 0 radical (unpaired) electrons. The molecule has 0 saturated heterocycles. The average Bonchev–Trinajstić information content (AvgIpc) is 2.21. The lowest BCUT2D eigenvalue weighted by Gasteiger charge is -2.35. The fraction of sp³-hybridized carbons (Fsp3) is 0.917. The number of rotatable bonds is 4. The number of hydrogen-bond acceptors (Lipinski definition) is 3. The number of aliphatic hydroxyl groups is 1. The SMILES string of the molecule is CC1CCC(O)(CNC(C)CC#N)CC1. The average molecular weight is 210 g/mol. The smallest absolute Gasteiger partial charge is 0.0771 e. The van der Waals surface area contributed by atoms with E-state index in [0.717, 1.165) is 31.6 Å². The number of nitrogens with one attached hydrogen (secondary N) is 1. The van der Waals surface area contributed by atoms with Gasteiger partial charge in [-0.3, -0.25) is 0 Å². The molecule has 0 spiro atoms. The van der Waals surface area contributed by atoms with Crippen LogP contribution in [-0.2, 0) is 0 Å². The van der Waals surface area contributed by atoms with Gasteiger partial charge < -0.3 is 10.4 Å². The lowest BCUT2D eigenvalue weighted by molar-refractivity contribution is -0.00769. The summed E-state index contributed by atoms with van der Waals surface area (Å²) in [4.78, 5) is 0. The predicted octanol–water partition coefficient (Wildman–Crippen LogP) is 1.82. The van der Waals surface area contributed by atoms with Gasteiger partial charge in [-0.2, -0.15) is 5.26 Å². The topological polar surface area (TPSA) is 56.0 Å². The van der Waals surface area contributed by atoms with E-state index in [0.29, 0.717) is 13.0 Å². The van der Waals surface area contributed by atoms with Crippen LogP contribution in [0.3, 0.4) is 0 Å². The second kappa shape index (κ2) is 5.48. The molecule has 0 amide bonds. The van der Waals surface area contributed by atoms with Crippen LogP contribution in [-0.4, -0.2) is 23.3 Å². The Hall–Kier alpha value is -0.590. The molecule has 1 rings (SSSR count). The highest BCUT2D eigenvalue weighted by molar-refractivity contribution is 4.88. The third-order valence-corrected chi connectivity index (χ3v) is 3.38. The minimum atomic E-state index is -0.532. The first-order chi connectivity index (χ1) is 7.06. The summed E-state index contributed by atoms with van der Waals surface area (Å²) < 4.78 is 0. The van der Waals surface area contributed by atoms with E-state index in [4.69, 9.17) is 5.26 Å². The van der Waals surface area contributed by atoms with Crippen molar-refractivity contribution in [3.63, 3.8) is 0 Å². The molecule has 3 heteroatoms. The molecule has 1 fully saturated rings. The summed E-state index contributed by atoms with van der Waals surface area (Å²) in [7, 11) is 0. The van der Waals surface area contributed by atoms with Crippen molar-refractivity contribution < 1.29 is 5.11 Å². The van der Waals surface area contributed by atoms with Gasteiger partial charge in [-0.05, 0) is 38.5 Å². The minimum absolute atomic E-state index is 0.179. The van der Waals surface area contributed by atoms with Crippen LogP contribution < -0.4 is 5.32 Å². The van der Waals surface area contributed by atoms with E-state index < -0.39 is 5.60 Å². The quantitative estimate of drug-likeness (QED) is 0.744. The highest BCUT2D eigenvalue weighted by Gasteiger charge is 2.31. The van der Waals surface area contributed by atoms with Gasteiger partial charge in [0.25, 0.3) is 0 Å². The first-order valence-corrected chi connectivity index (χ1v) is 5.88. The third kappa shape index (κ3) is 4.19. The van der Waals surface area contributed by atoms with E-state index in [1.807, 2.05) is 6.92 Å². The molecule has 1 aliphatic rings. The highest BCUT2D eigenvalue weighted by Crippen LogP contribution is 2.31. The Morgan fingerprint density at radius 2 is 2.13 bits per heavy atom. The van der Waals surface area contributed by atoms with Gasteiger partial charge in [0.1, 0.15) is 0 Å². The summed E-state index contributed by atoms with van der Waals surface area (Å²) in [6, 6.07) is 2.31. The molecule has 3 nitrogen and oxygen atoms in total. The maximum Gasteiger partial charge on any atom is 0.0771 e. The lowest BCUT2D eigenvalue weighted by Crippen LogP contribution is -2.45. The summed E-state index contributed by atoms with van der Waals surface area (Å²) in [6.45, 7) is 4.85. The molecule has 1 aliphatic carbocycles. The van der Waals surface area contributed by atoms with Gasteiger partial charge in [0.15, 0.2) is 0 Å². The van der Waals surface area contributed by atoms with E-state index in [9.17, 15) is 5.11 Å². The summed E-state index contributed by atoms with van der Waals surface area (Å²) in [6.07, 6.45) is 4.52. The van der Waals surface area contributed by atoms with E-state index in [-0.39, 0.29) is 6.04 Å². The zero-order chi connectivity index (χ0) is 11.3. The number of hydrogen-bond donors (Lipinski definition) is 2. The van der Waals surface area contributed by atoms with Crippen molar-refractivity contribution in [2.75, 3.05) is 6.54 Å². The van der Waals surface area contributed by atoms with Crippen molar-refractivity contribution in [3.05, 3.63) is 0 Å². The van der Waals surface area contributed by atoms with Crippen molar-refractivity contribution in [1.82, 2.24) is 5.32 Å². The van der Waals surface area contributed by atoms with Gasteiger partial charge >= 0.3 is 0 Å². The molecule has 0 aliphatic heterocycles. The maximum atomic E-state index is 10.3. The molecule has 0 aromatic heterocycles. The Balaban J connectivity index is 2.28. The van der Waals surface area contributed by atoms with Crippen LogP contribution >= 0.6 is 0 Å². The molecule has 86 valence electrons. The van der Waals surface area contributed by atoms with Crippen molar-refractivity contribution in [2.45, 2.75) is 57.6 Å². The van der Waals surface area contributed by atoms with Crippen LogP contribution in [0, 0.1) is 17.2 Å². The van der Waals surface area contributed by atoms with E-state index in [2.05, 4.69) is 18.3 Å². The monoisotopic (exact) mass is 210 g/mol. The predicted molar refractivity (Wildman–Crippen MR) is 60.3 cm³/mol. The van der Waals surface area contributed by atoms with E-state index >= 15 is 0 Å². The van der Waals surface area contributed by atoms with Crippen LogP contribution in [0.1, 0.15) is 46.0 Å². The molecule has 0 aromatic carbocycles. The molecule has 0 heterocycles. The second-order valence-electron chi connectivity index (χ2n) is 5.05. The van der Waals surface area contributed by atoms with Crippen molar-refractivity contribution in [1.29, 1.82) is 5.26 Å².